The minimum Gasteiger partial charge on any atom is -0.467 e. The number of hydrogen-bond acceptors (Lipinski definition) is 4. The van der Waals surface area contributed by atoms with Crippen molar-refractivity contribution in [3.63, 3.8) is 0 Å². The second kappa shape index (κ2) is 9.71. The van der Waals surface area contributed by atoms with Crippen molar-refractivity contribution in [3.05, 3.63) is 24.2 Å². The number of piperidine rings is 1. The molecule has 8 heteroatoms. The Bertz CT molecular complexity index is 567. The van der Waals surface area contributed by atoms with Crippen molar-refractivity contribution in [1.29, 1.82) is 0 Å². The molecule has 1 aliphatic heterocycles. The van der Waals surface area contributed by atoms with Crippen LogP contribution in [0.2, 0.25) is 0 Å². The third-order valence-electron chi connectivity index (χ3n) is 4.09. The largest absolute Gasteiger partial charge is 0.467 e. The number of nitrogens with zero attached hydrogens (tertiary/aromatic N) is 1. The van der Waals surface area contributed by atoms with Crippen molar-refractivity contribution >= 4 is 17.8 Å². The summed E-state index contributed by atoms with van der Waals surface area (Å²) in [7, 11) is 0. The Morgan fingerprint density at radius 2 is 1.96 bits per heavy atom. The molecule has 1 fully saturated rings. The predicted molar refractivity (Wildman–Crippen MR) is 91.6 cm³/mol. The standard InChI is InChI=1S/C17H26N4O4/c1-13(16(23)19-12-14-6-5-11-25-14)20-17(24)18-8-7-15(22)21-9-3-2-4-10-21/h5-6,11,13H,2-4,7-10,12H2,1H3,(H,19,23)(H2,18,20,24). The number of nitrogens with one attached hydrogen (secondary N) is 3. The number of urea groups is 1. The van der Waals surface area contributed by atoms with E-state index < -0.39 is 12.1 Å². The number of rotatable bonds is 7. The smallest absolute Gasteiger partial charge is 0.315 e. The third-order valence-corrected chi connectivity index (χ3v) is 4.09. The van der Waals surface area contributed by atoms with Crippen LogP contribution in [-0.4, -0.2) is 48.4 Å². The fraction of sp³-hybridized carbons (Fsp3) is 0.588. The topological polar surface area (TPSA) is 104 Å². The highest BCUT2D eigenvalue weighted by atomic mass is 16.3. The number of hydrogen-bond donors (Lipinski definition) is 3. The first-order chi connectivity index (χ1) is 12.1. The van der Waals surface area contributed by atoms with Crippen LogP contribution in [0.25, 0.3) is 0 Å². The minimum atomic E-state index is -0.687. The fourth-order valence-corrected chi connectivity index (χ4v) is 2.64. The van der Waals surface area contributed by atoms with Crippen LogP contribution in [0, 0.1) is 0 Å². The Morgan fingerprint density at radius 3 is 2.64 bits per heavy atom. The first-order valence-electron chi connectivity index (χ1n) is 8.68. The molecule has 1 unspecified atom stereocenters. The lowest BCUT2D eigenvalue weighted by atomic mass is 10.1. The SMILES string of the molecule is CC(NC(=O)NCCC(=O)N1CCCCC1)C(=O)NCc1ccco1. The molecular formula is C17H26N4O4. The van der Waals surface area contributed by atoms with Crippen molar-refractivity contribution < 1.29 is 18.8 Å². The lowest BCUT2D eigenvalue weighted by Crippen LogP contribution is -2.48. The zero-order valence-electron chi connectivity index (χ0n) is 14.5. The van der Waals surface area contributed by atoms with Gasteiger partial charge in [0.25, 0.3) is 0 Å². The van der Waals surface area contributed by atoms with Crippen LogP contribution in [0.15, 0.2) is 22.8 Å². The van der Waals surface area contributed by atoms with E-state index in [1.54, 1.807) is 19.1 Å². The van der Waals surface area contributed by atoms with Gasteiger partial charge in [-0.05, 0) is 38.3 Å². The van der Waals surface area contributed by atoms with Gasteiger partial charge >= 0.3 is 6.03 Å². The highest BCUT2D eigenvalue weighted by Crippen LogP contribution is 2.09. The zero-order valence-corrected chi connectivity index (χ0v) is 14.5. The Kier molecular flexibility index (Phi) is 7.31. The van der Waals surface area contributed by atoms with E-state index in [1.807, 2.05) is 4.90 Å². The Labute approximate surface area is 147 Å². The van der Waals surface area contributed by atoms with Crippen LogP contribution in [-0.2, 0) is 16.1 Å². The van der Waals surface area contributed by atoms with Crippen LogP contribution < -0.4 is 16.0 Å². The Morgan fingerprint density at radius 1 is 1.20 bits per heavy atom. The summed E-state index contributed by atoms with van der Waals surface area (Å²) in [6.45, 7) is 3.72. The highest BCUT2D eigenvalue weighted by molar-refractivity contribution is 5.86. The van der Waals surface area contributed by atoms with Crippen molar-refractivity contribution in [2.24, 2.45) is 0 Å². The van der Waals surface area contributed by atoms with Gasteiger partial charge in [-0.15, -0.1) is 0 Å². The molecule has 1 saturated heterocycles. The average Bonchev–Trinajstić information content (AvgIpc) is 3.13. The molecular weight excluding hydrogens is 324 g/mol. The summed E-state index contributed by atoms with van der Waals surface area (Å²) in [6.07, 6.45) is 5.06. The lowest BCUT2D eigenvalue weighted by molar-refractivity contribution is -0.132. The summed E-state index contributed by atoms with van der Waals surface area (Å²) in [4.78, 5) is 37.5. The molecule has 0 spiro atoms. The second-order valence-electron chi connectivity index (χ2n) is 6.11. The van der Waals surface area contributed by atoms with Crippen LogP contribution in [0.1, 0.15) is 38.4 Å². The van der Waals surface area contributed by atoms with Crippen molar-refractivity contribution in [3.8, 4) is 0 Å². The molecule has 1 aromatic heterocycles. The molecule has 1 atom stereocenters. The van der Waals surface area contributed by atoms with Crippen LogP contribution in [0.3, 0.4) is 0 Å². The monoisotopic (exact) mass is 350 g/mol. The summed E-state index contributed by atoms with van der Waals surface area (Å²) in [5.74, 6) is 0.390. The van der Waals surface area contributed by atoms with E-state index in [4.69, 9.17) is 4.42 Å². The van der Waals surface area contributed by atoms with E-state index in [-0.39, 0.29) is 31.3 Å². The molecule has 0 aromatic carbocycles. The molecule has 4 amide bonds. The van der Waals surface area contributed by atoms with Gasteiger partial charge in [0.05, 0.1) is 12.8 Å². The lowest BCUT2D eigenvalue weighted by Gasteiger charge is -2.26. The minimum absolute atomic E-state index is 0.0595. The summed E-state index contributed by atoms with van der Waals surface area (Å²) in [5.41, 5.74) is 0. The number of carbonyl (C=O) groups is 3. The number of amides is 4. The van der Waals surface area contributed by atoms with Gasteiger partial charge in [-0.1, -0.05) is 0 Å². The van der Waals surface area contributed by atoms with Gasteiger partial charge < -0.3 is 25.3 Å². The summed E-state index contributed by atoms with van der Waals surface area (Å²) in [6, 6.07) is 2.34. The maximum Gasteiger partial charge on any atom is 0.315 e. The van der Waals surface area contributed by atoms with E-state index in [2.05, 4.69) is 16.0 Å². The second-order valence-corrected chi connectivity index (χ2v) is 6.11. The van der Waals surface area contributed by atoms with Gasteiger partial charge in [0.2, 0.25) is 11.8 Å². The highest BCUT2D eigenvalue weighted by Gasteiger charge is 2.18. The third kappa shape index (κ3) is 6.48. The molecule has 1 aliphatic rings. The van der Waals surface area contributed by atoms with Crippen molar-refractivity contribution in [1.82, 2.24) is 20.9 Å². The van der Waals surface area contributed by atoms with Gasteiger partial charge in [-0.3, -0.25) is 9.59 Å². The van der Waals surface area contributed by atoms with Gasteiger partial charge in [0.15, 0.2) is 0 Å². The quantitative estimate of drug-likeness (QED) is 0.682. The van der Waals surface area contributed by atoms with Crippen LogP contribution in [0.5, 0.6) is 0 Å². The van der Waals surface area contributed by atoms with E-state index in [0.717, 1.165) is 25.9 Å². The van der Waals surface area contributed by atoms with E-state index in [1.165, 1.54) is 12.7 Å². The van der Waals surface area contributed by atoms with E-state index >= 15 is 0 Å². The first kappa shape index (κ1) is 18.8. The first-order valence-corrected chi connectivity index (χ1v) is 8.68. The van der Waals surface area contributed by atoms with Gasteiger partial charge in [0, 0.05) is 26.1 Å². The summed E-state index contributed by atoms with van der Waals surface area (Å²) in [5, 5.41) is 7.83. The molecule has 25 heavy (non-hydrogen) atoms. The summed E-state index contributed by atoms with van der Waals surface area (Å²) >= 11 is 0. The van der Waals surface area contributed by atoms with Crippen LogP contribution in [0.4, 0.5) is 4.79 Å². The Hall–Kier alpha value is -2.51. The number of likely N-dealkylation sites (tertiary alicyclic amines) is 1. The molecule has 2 rings (SSSR count). The maximum atomic E-state index is 12.0. The van der Waals surface area contributed by atoms with Crippen LogP contribution >= 0.6 is 0 Å². The molecule has 3 N–H and O–H groups in total. The average molecular weight is 350 g/mol. The van der Waals surface area contributed by atoms with Gasteiger partial charge in [-0.25, -0.2) is 4.79 Å². The molecule has 0 bridgehead atoms. The normalized spacial score (nSPS) is 15.3. The van der Waals surface area contributed by atoms with E-state index in [0.29, 0.717) is 5.76 Å². The zero-order chi connectivity index (χ0) is 18.1. The molecule has 8 nitrogen and oxygen atoms in total. The fourth-order valence-electron chi connectivity index (χ4n) is 2.64. The summed E-state index contributed by atoms with van der Waals surface area (Å²) < 4.78 is 5.12. The number of carbonyl (C=O) groups excluding carboxylic acids is 3. The van der Waals surface area contributed by atoms with Gasteiger partial charge in [-0.2, -0.15) is 0 Å². The molecule has 0 radical (unpaired) electrons. The molecule has 0 aliphatic carbocycles. The molecule has 1 aromatic rings. The molecule has 2 heterocycles. The van der Waals surface area contributed by atoms with Gasteiger partial charge in [0.1, 0.15) is 11.8 Å². The molecule has 138 valence electrons. The predicted octanol–water partition coefficient (Wildman–Crippen LogP) is 0.986. The van der Waals surface area contributed by atoms with E-state index in [9.17, 15) is 14.4 Å². The van der Waals surface area contributed by atoms with Crippen molar-refractivity contribution in [2.75, 3.05) is 19.6 Å². The Balaban J connectivity index is 1.60. The molecule has 0 saturated carbocycles. The maximum absolute atomic E-state index is 12.0. The van der Waals surface area contributed by atoms with Crippen molar-refractivity contribution in [2.45, 2.75) is 45.2 Å². The number of furan rings is 1.